The summed E-state index contributed by atoms with van der Waals surface area (Å²) in [5.74, 6) is 1.88. The highest BCUT2D eigenvalue weighted by molar-refractivity contribution is 5.99. The van der Waals surface area contributed by atoms with Gasteiger partial charge in [-0.15, -0.1) is 0 Å². The lowest BCUT2D eigenvalue weighted by Crippen LogP contribution is -2.41. The summed E-state index contributed by atoms with van der Waals surface area (Å²) in [5.41, 5.74) is 2.63. The third-order valence-electron chi connectivity index (χ3n) is 4.36. The SMILES string of the molecule is Cc1ccccc1C(=O)N(C1=CC=CCC1=C=O)C1C=NCC=CC1. The van der Waals surface area contributed by atoms with Crippen LogP contribution in [0.4, 0.5) is 0 Å². The number of hydrogen-bond acceptors (Lipinski definition) is 3. The molecule has 0 saturated heterocycles. The van der Waals surface area contributed by atoms with Gasteiger partial charge in [0.2, 0.25) is 0 Å². The molecule has 1 aliphatic carbocycles. The Labute approximate surface area is 147 Å². The first-order valence-corrected chi connectivity index (χ1v) is 8.37. The Balaban J connectivity index is 2.09. The molecule has 1 atom stereocenters. The van der Waals surface area contributed by atoms with Crippen molar-refractivity contribution in [2.75, 3.05) is 6.54 Å². The largest absolute Gasteiger partial charge is 0.299 e. The Kier molecular flexibility index (Phi) is 5.22. The number of carbonyl (C=O) groups excluding carboxylic acids is 2. The highest BCUT2D eigenvalue weighted by atomic mass is 16.2. The Morgan fingerprint density at radius 1 is 1.24 bits per heavy atom. The van der Waals surface area contributed by atoms with Crippen molar-refractivity contribution in [2.45, 2.75) is 25.8 Å². The molecule has 1 unspecified atom stereocenters. The van der Waals surface area contributed by atoms with E-state index in [4.69, 9.17) is 0 Å². The maximum absolute atomic E-state index is 13.4. The molecule has 0 radical (unpaired) electrons. The van der Waals surface area contributed by atoms with Crippen LogP contribution >= 0.6 is 0 Å². The first-order chi connectivity index (χ1) is 12.2. The van der Waals surface area contributed by atoms with Gasteiger partial charge in [-0.2, -0.15) is 0 Å². The fourth-order valence-corrected chi connectivity index (χ4v) is 3.04. The number of nitrogens with zero attached hydrogens (tertiary/aromatic N) is 2. The molecule has 0 N–H and O–H groups in total. The molecule has 0 bridgehead atoms. The molecule has 3 rings (SSSR count). The van der Waals surface area contributed by atoms with Crippen molar-refractivity contribution in [1.29, 1.82) is 0 Å². The van der Waals surface area contributed by atoms with Crippen LogP contribution in [0.2, 0.25) is 0 Å². The Morgan fingerprint density at radius 3 is 2.88 bits per heavy atom. The lowest BCUT2D eigenvalue weighted by molar-refractivity contribution is 0.0788. The monoisotopic (exact) mass is 332 g/mol. The normalized spacial score (nSPS) is 19.2. The topological polar surface area (TPSA) is 49.7 Å². The quantitative estimate of drug-likeness (QED) is 0.629. The highest BCUT2D eigenvalue weighted by Crippen LogP contribution is 2.27. The molecule has 0 aromatic heterocycles. The third-order valence-corrected chi connectivity index (χ3v) is 4.36. The number of rotatable bonds is 3. The minimum atomic E-state index is -0.230. The summed E-state index contributed by atoms with van der Waals surface area (Å²) >= 11 is 0. The number of aryl methyl sites for hydroxylation is 1. The van der Waals surface area contributed by atoms with E-state index in [-0.39, 0.29) is 11.9 Å². The molecular weight excluding hydrogens is 312 g/mol. The van der Waals surface area contributed by atoms with Crippen LogP contribution in [0.1, 0.15) is 28.8 Å². The van der Waals surface area contributed by atoms with Gasteiger partial charge in [-0.25, -0.2) is 4.79 Å². The first-order valence-electron chi connectivity index (χ1n) is 8.37. The molecule has 1 amide bonds. The van der Waals surface area contributed by atoms with E-state index >= 15 is 0 Å². The molecule has 4 heteroatoms. The van der Waals surface area contributed by atoms with E-state index in [0.29, 0.717) is 36.2 Å². The molecule has 4 nitrogen and oxygen atoms in total. The Bertz CT molecular complexity index is 839. The minimum Gasteiger partial charge on any atom is -0.299 e. The standard InChI is InChI=1S/C21H20N2O2/c1-16-8-2-4-11-19(16)21(25)23(18-10-6-7-13-22-14-18)20-12-5-3-9-17(20)15-24/h2-8,11-12,14,18H,9-10,13H2,1H3. The molecule has 0 fully saturated rings. The Morgan fingerprint density at radius 2 is 2.08 bits per heavy atom. The van der Waals surface area contributed by atoms with Gasteiger partial charge in [0.1, 0.15) is 5.94 Å². The first kappa shape index (κ1) is 16.9. The molecule has 126 valence electrons. The van der Waals surface area contributed by atoms with Crippen molar-refractivity contribution in [2.24, 2.45) is 4.99 Å². The molecule has 25 heavy (non-hydrogen) atoms. The van der Waals surface area contributed by atoms with E-state index < -0.39 is 0 Å². The number of amides is 1. The predicted molar refractivity (Wildman–Crippen MR) is 99.3 cm³/mol. The second-order valence-corrected chi connectivity index (χ2v) is 6.04. The molecule has 0 saturated carbocycles. The van der Waals surface area contributed by atoms with Gasteiger partial charge in [0, 0.05) is 18.2 Å². The predicted octanol–water partition coefficient (Wildman–Crippen LogP) is 3.44. The van der Waals surface area contributed by atoms with Crippen LogP contribution in [0.25, 0.3) is 0 Å². The van der Waals surface area contributed by atoms with Gasteiger partial charge in [-0.05, 0) is 31.1 Å². The lowest BCUT2D eigenvalue weighted by atomic mass is 9.99. The van der Waals surface area contributed by atoms with Crippen LogP contribution in [0.3, 0.4) is 0 Å². The van der Waals surface area contributed by atoms with Gasteiger partial charge >= 0.3 is 0 Å². The number of hydrogen-bond donors (Lipinski definition) is 0. The average molecular weight is 332 g/mol. The maximum atomic E-state index is 13.4. The summed E-state index contributed by atoms with van der Waals surface area (Å²) < 4.78 is 0. The summed E-state index contributed by atoms with van der Waals surface area (Å²) in [6.07, 6.45) is 12.5. The zero-order valence-electron chi connectivity index (χ0n) is 14.2. The summed E-state index contributed by atoms with van der Waals surface area (Å²) in [6, 6.07) is 7.26. The van der Waals surface area contributed by atoms with Crippen molar-refractivity contribution < 1.29 is 9.59 Å². The van der Waals surface area contributed by atoms with Gasteiger partial charge in [0.15, 0.2) is 0 Å². The van der Waals surface area contributed by atoms with Gasteiger partial charge < -0.3 is 0 Å². The molecule has 1 heterocycles. The van der Waals surface area contributed by atoms with Crippen LogP contribution in [0, 0.1) is 6.92 Å². The maximum Gasteiger partial charge on any atom is 0.259 e. The van der Waals surface area contributed by atoms with Gasteiger partial charge in [-0.3, -0.25) is 14.7 Å². The van der Waals surface area contributed by atoms with Gasteiger partial charge in [0.05, 0.1) is 23.9 Å². The van der Waals surface area contributed by atoms with Gasteiger partial charge in [-0.1, -0.05) is 42.5 Å². The van der Waals surface area contributed by atoms with E-state index in [1.807, 2.05) is 67.5 Å². The van der Waals surface area contributed by atoms with Crippen molar-refractivity contribution in [3.8, 4) is 0 Å². The zero-order valence-corrected chi connectivity index (χ0v) is 14.2. The fraction of sp³-hybridized carbons (Fsp3) is 0.238. The molecular formula is C21H20N2O2. The smallest absolute Gasteiger partial charge is 0.259 e. The highest BCUT2D eigenvalue weighted by Gasteiger charge is 2.30. The molecule has 1 aliphatic heterocycles. The van der Waals surface area contributed by atoms with E-state index in [9.17, 15) is 9.59 Å². The van der Waals surface area contributed by atoms with Gasteiger partial charge in [0.25, 0.3) is 5.91 Å². The number of allylic oxidation sites excluding steroid dienone is 4. The minimum absolute atomic E-state index is 0.126. The lowest BCUT2D eigenvalue weighted by Gasteiger charge is -2.32. The fourth-order valence-electron chi connectivity index (χ4n) is 3.04. The van der Waals surface area contributed by atoms with Crippen LogP contribution in [-0.2, 0) is 4.79 Å². The molecule has 2 aliphatic rings. The second kappa shape index (κ2) is 7.73. The van der Waals surface area contributed by atoms with Crippen molar-refractivity contribution in [3.05, 3.63) is 77.0 Å². The number of carbonyl (C=O) groups is 1. The molecule has 1 aromatic rings. The third kappa shape index (κ3) is 3.59. The van der Waals surface area contributed by atoms with Crippen LogP contribution in [0.5, 0.6) is 0 Å². The summed E-state index contributed by atoms with van der Waals surface area (Å²) in [6.45, 7) is 2.52. The van der Waals surface area contributed by atoms with E-state index in [2.05, 4.69) is 4.99 Å². The van der Waals surface area contributed by atoms with Crippen molar-refractivity contribution in [1.82, 2.24) is 4.90 Å². The van der Waals surface area contributed by atoms with E-state index in [1.165, 1.54) is 0 Å². The van der Waals surface area contributed by atoms with E-state index in [0.717, 1.165) is 5.56 Å². The zero-order chi connectivity index (χ0) is 17.6. The average Bonchev–Trinajstić information content (AvgIpc) is 2.92. The Hall–Kier alpha value is -2.97. The van der Waals surface area contributed by atoms with Crippen molar-refractivity contribution in [3.63, 3.8) is 0 Å². The summed E-state index contributed by atoms with van der Waals surface area (Å²) in [5, 5.41) is 0. The van der Waals surface area contributed by atoms with Crippen LogP contribution < -0.4 is 0 Å². The summed E-state index contributed by atoms with van der Waals surface area (Å²) in [7, 11) is 0. The van der Waals surface area contributed by atoms with Crippen LogP contribution in [-0.4, -0.2) is 35.5 Å². The summed E-state index contributed by atoms with van der Waals surface area (Å²) in [4.78, 5) is 30.8. The molecule has 0 spiro atoms. The van der Waals surface area contributed by atoms with Crippen molar-refractivity contribution >= 4 is 18.1 Å². The second-order valence-electron chi connectivity index (χ2n) is 6.04. The molecule has 1 aromatic carbocycles. The number of benzene rings is 1. The number of aliphatic imine (C=N–C) groups is 1. The van der Waals surface area contributed by atoms with E-state index in [1.54, 1.807) is 11.1 Å². The van der Waals surface area contributed by atoms with Crippen LogP contribution in [0.15, 0.2) is 70.9 Å².